The fourth-order valence-corrected chi connectivity index (χ4v) is 3.22. The van der Waals surface area contributed by atoms with E-state index in [1.54, 1.807) is 7.11 Å². The Kier molecular flexibility index (Phi) is 4.00. The number of hydrogen-bond donors (Lipinski definition) is 1. The van der Waals surface area contributed by atoms with Crippen molar-refractivity contribution in [2.75, 3.05) is 13.7 Å². The Hall–Kier alpha value is -1.22. The fourth-order valence-electron chi connectivity index (χ4n) is 3.22. The summed E-state index contributed by atoms with van der Waals surface area (Å²) in [7, 11) is 1.61. The Morgan fingerprint density at radius 1 is 1.00 bits per heavy atom. The molecule has 126 valence electrons. The summed E-state index contributed by atoms with van der Waals surface area (Å²) in [4.78, 5) is 0. The average molecular weight is 324 g/mol. The number of hydrogen-bond acceptors (Lipinski definition) is 7. The first-order chi connectivity index (χ1) is 11.2. The van der Waals surface area contributed by atoms with E-state index in [1.165, 1.54) is 0 Å². The highest BCUT2D eigenvalue weighted by Crippen LogP contribution is 2.41. The van der Waals surface area contributed by atoms with Crippen LogP contribution in [0.25, 0.3) is 0 Å². The number of benzene rings is 1. The summed E-state index contributed by atoms with van der Waals surface area (Å²) in [6.07, 6.45) is -3.65. The molecule has 0 aliphatic carbocycles. The zero-order valence-corrected chi connectivity index (χ0v) is 13.0. The van der Waals surface area contributed by atoms with Crippen molar-refractivity contribution in [3.8, 4) is 5.75 Å². The number of aliphatic hydroxyl groups is 1. The van der Waals surface area contributed by atoms with Crippen LogP contribution in [0.5, 0.6) is 5.75 Å². The molecule has 0 spiro atoms. The molecule has 7 heteroatoms. The number of aliphatic hydroxyl groups excluding tert-OH is 1. The molecule has 0 radical (unpaired) electrons. The molecule has 3 fully saturated rings. The van der Waals surface area contributed by atoms with Crippen LogP contribution in [0.4, 0.5) is 0 Å². The minimum atomic E-state index is -1.06. The predicted molar refractivity (Wildman–Crippen MR) is 76.6 cm³/mol. The molecule has 23 heavy (non-hydrogen) atoms. The lowest BCUT2D eigenvalue weighted by atomic mass is 9.98. The highest BCUT2D eigenvalue weighted by molar-refractivity contribution is 5.28. The van der Waals surface area contributed by atoms with Crippen molar-refractivity contribution < 1.29 is 33.5 Å². The molecule has 1 aromatic rings. The van der Waals surface area contributed by atoms with Gasteiger partial charge in [-0.15, -0.1) is 0 Å². The van der Waals surface area contributed by atoms with Crippen molar-refractivity contribution in [3.63, 3.8) is 0 Å². The van der Waals surface area contributed by atoms with Crippen molar-refractivity contribution in [1.82, 2.24) is 0 Å². The molecule has 3 aliphatic rings. The van der Waals surface area contributed by atoms with Gasteiger partial charge in [0.2, 0.25) is 0 Å². The van der Waals surface area contributed by atoms with Gasteiger partial charge in [0.15, 0.2) is 18.9 Å². The Bertz CT molecular complexity index is 548. The van der Waals surface area contributed by atoms with E-state index < -0.39 is 24.8 Å². The third-order valence-electron chi connectivity index (χ3n) is 4.40. The molecule has 3 aliphatic heterocycles. The lowest BCUT2D eigenvalue weighted by Crippen LogP contribution is -2.61. The van der Waals surface area contributed by atoms with Crippen LogP contribution in [0.3, 0.4) is 0 Å². The van der Waals surface area contributed by atoms with Gasteiger partial charge in [-0.25, -0.2) is 0 Å². The standard InChI is InChI=1S/C16H20O7/c1-8-19-7-11-12(20-8)13-14(15(17)21-11)23-16(22-13)9-3-5-10(18-2)6-4-9/h3-6,8,11-17H,7H2,1-2H3/t8-,11-,12-,13+,14-,15-,16?/m1/s1. The monoisotopic (exact) mass is 324 g/mol. The number of rotatable bonds is 2. The van der Waals surface area contributed by atoms with Gasteiger partial charge < -0.3 is 33.5 Å². The minimum absolute atomic E-state index is 0.324. The highest BCUT2D eigenvalue weighted by Gasteiger charge is 2.55. The number of ether oxygens (including phenoxy) is 6. The molecule has 4 rings (SSSR count). The summed E-state index contributed by atoms with van der Waals surface area (Å²) in [5, 5.41) is 10.2. The maximum Gasteiger partial charge on any atom is 0.185 e. The van der Waals surface area contributed by atoms with Crippen LogP contribution in [0.2, 0.25) is 0 Å². The maximum absolute atomic E-state index is 10.2. The normalized spacial score (nSPS) is 42.8. The van der Waals surface area contributed by atoms with E-state index in [-0.39, 0.29) is 18.5 Å². The van der Waals surface area contributed by atoms with E-state index in [1.807, 2.05) is 31.2 Å². The van der Waals surface area contributed by atoms with E-state index in [9.17, 15) is 5.11 Å². The third-order valence-corrected chi connectivity index (χ3v) is 4.40. The molecule has 7 nitrogen and oxygen atoms in total. The zero-order chi connectivity index (χ0) is 16.0. The van der Waals surface area contributed by atoms with E-state index in [2.05, 4.69) is 0 Å². The molecular weight excluding hydrogens is 304 g/mol. The predicted octanol–water partition coefficient (Wildman–Crippen LogP) is 0.956. The molecule has 0 amide bonds. The van der Waals surface area contributed by atoms with Crippen LogP contribution >= 0.6 is 0 Å². The van der Waals surface area contributed by atoms with Crippen LogP contribution < -0.4 is 4.74 Å². The van der Waals surface area contributed by atoms with E-state index in [4.69, 9.17) is 28.4 Å². The van der Waals surface area contributed by atoms with E-state index >= 15 is 0 Å². The van der Waals surface area contributed by atoms with Crippen LogP contribution in [0, 0.1) is 0 Å². The fraction of sp³-hybridized carbons (Fsp3) is 0.625. The third kappa shape index (κ3) is 2.73. The van der Waals surface area contributed by atoms with Gasteiger partial charge in [-0.2, -0.15) is 0 Å². The summed E-state index contributed by atoms with van der Waals surface area (Å²) in [5.41, 5.74) is 0.851. The van der Waals surface area contributed by atoms with Crippen LogP contribution in [-0.2, 0) is 23.7 Å². The van der Waals surface area contributed by atoms with Crippen molar-refractivity contribution in [1.29, 1.82) is 0 Å². The summed E-state index contributed by atoms with van der Waals surface area (Å²) < 4.78 is 33.8. The van der Waals surface area contributed by atoms with Crippen molar-refractivity contribution in [2.24, 2.45) is 0 Å². The molecule has 3 heterocycles. The summed E-state index contributed by atoms with van der Waals surface area (Å²) >= 11 is 0. The lowest BCUT2D eigenvalue weighted by molar-refractivity contribution is -0.333. The second kappa shape index (κ2) is 6.01. The van der Waals surface area contributed by atoms with Gasteiger partial charge in [0, 0.05) is 5.56 Å². The molecular formula is C16H20O7. The van der Waals surface area contributed by atoms with Crippen molar-refractivity contribution in [2.45, 2.75) is 50.2 Å². The quantitative estimate of drug-likeness (QED) is 0.868. The molecule has 0 saturated carbocycles. The van der Waals surface area contributed by atoms with Gasteiger partial charge in [-0.1, -0.05) is 12.1 Å². The largest absolute Gasteiger partial charge is 0.497 e. The topological polar surface area (TPSA) is 75.6 Å². The van der Waals surface area contributed by atoms with Gasteiger partial charge in [0.25, 0.3) is 0 Å². The van der Waals surface area contributed by atoms with Gasteiger partial charge >= 0.3 is 0 Å². The summed E-state index contributed by atoms with van der Waals surface area (Å²) in [6.45, 7) is 2.19. The Labute approximate surface area is 134 Å². The smallest absolute Gasteiger partial charge is 0.185 e. The number of fused-ring (bicyclic) bond motifs is 3. The zero-order valence-electron chi connectivity index (χ0n) is 13.0. The molecule has 0 aromatic heterocycles. The molecule has 0 bridgehead atoms. The van der Waals surface area contributed by atoms with Crippen LogP contribution in [0.15, 0.2) is 24.3 Å². The van der Waals surface area contributed by atoms with E-state index in [0.29, 0.717) is 6.61 Å². The highest BCUT2D eigenvalue weighted by atomic mass is 16.8. The first-order valence-electron chi connectivity index (χ1n) is 7.71. The maximum atomic E-state index is 10.2. The summed E-state index contributed by atoms with van der Waals surface area (Å²) in [6, 6.07) is 7.43. The van der Waals surface area contributed by atoms with Crippen molar-refractivity contribution >= 4 is 0 Å². The lowest BCUT2D eigenvalue weighted by Gasteiger charge is -2.44. The molecule has 1 N–H and O–H groups in total. The average Bonchev–Trinajstić information content (AvgIpc) is 3.02. The minimum Gasteiger partial charge on any atom is -0.497 e. The van der Waals surface area contributed by atoms with Gasteiger partial charge in [0.1, 0.15) is 30.2 Å². The molecule has 1 aromatic carbocycles. The first-order valence-corrected chi connectivity index (χ1v) is 7.71. The molecule has 3 saturated heterocycles. The Morgan fingerprint density at radius 3 is 2.48 bits per heavy atom. The second-order valence-corrected chi connectivity index (χ2v) is 5.87. The number of methoxy groups -OCH3 is 1. The van der Waals surface area contributed by atoms with Crippen LogP contribution in [-0.4, -0.2) is 55.8 Å². The Morgan fingerprint density at radius 2 is 1.74 bits per heavy atom. The van der Waals surface area contributed by atoms with Crippen LogP contribution in [0.1, 0.15) is 18.8 Å². The second-order valence-electron chi connectivity index (χ2n) is 5.87. The SMILES string of the molecule is COc1ccc(C2O[C@@H]3[C@@H](O2)[C@H](O)O[C@@H]2CO[C@@H](C)O[C@@H]32)cc1. The Balaban J connectivity index is 1.54. The summed E-state index contributed by atoms with van der Waals surface area (Å²) in [5.74, 6) is 0.759. The van der Waals surface area contributed by atoms with Crippen molar-refractivity contribution in [3.05, 3.63) is 29.8 Å². The first kappa shape index (κ1) is 15.3. The van der Waals surface area contributed by atoms with Gasteiger partial charge in [0.05, 0.1) is 13.7 Å². The van der Waals surface area contributed by atoms with Gasteiger partial charge in [-0.05, 0) is 19.1 Å². The van der Waals surface area contributed by atoms with Gasteiger partial charge in [-0.3, -0.25) is 0 Å². The molecule has 1 unspecified atom stereocenters. The molecule has 7 atom stereocenters. The van der Waals surface area contributed by atoms with E-state index in [0.717, 1.165) is 11.3 Å².